The highest BCUT2D eigenvalue weighted by Gasteiger charge is 2.03. The summed E-state index contributed by atoms with van der Waals surface area (Å²) in [5.74, 6) is -0.354. The normalized spacial score (nSPS) is 10.6. The Hall–Kier alpha value is -1.48. The number of aliphatic hydroxyl groups excluding tert-OH is 1. The molecule has 66 valence electrons. The second-order valence-electron chi connectivity index (χ2n) is 2.79. The molecule has 0 saturated carbocycles. The van der Waals surface area contributed by atoms with Crippen molar-refractivity contribution in [2.24, 2.45) is 0 Å². The quantitative estimate of drug-likeness (QED) is 0.721. The fourth-order valence-electron chi connectivity index (χ4n) is 1.36. The monoisotopic (exact) mass is 177 g/mol. The van der Waals surface area contributed by atoms with Gasteiger partial charge < -0.3 is 5.11 Å². The third-order valence-corrected chi connectivity index (χ3v) is 2.02. The van der Waals surface area contributed by atoms with E-state index in [4.69, 9.17) is 5.11 Å². The maximum absolute atomic E-state index is 13.2. The van der Waals surface area contributed by atoms with Crippen LogP contribution in [0.1, 0.15) is 5.56 Å². The van der Waals surface area contributed by atoms with Gasteiger partial charge in [-0.1, -0.05) is 18.2 Å². The predicted octanol–water partition coefficient (Wildman–Crippen LogP) is 1.87. The van der Waals surface area contributed by atoms with Gasteiger partial charge in [-0.2, -0.15) is 0 Å². The van der Waals surface area contributed by atoms with Gasteiger partial charge >= 0.3 is 0 Å². The maximum atomic E-state index is 13.2. The summed E-state index contributed by atoms with van der Waals surface area (Å²) in [5, 5.41) is 10.1. The molecule has 0 spiro atoms. The van der Waals surface area contributed by atoms with Crippen LogP contribution in [0.5, 0.6) is 0 Å². The van der Waals surface area contributed by atoms with Crippen LogP contribution in [-0.4, -0.2) is 10.1 Å². The first-order valence-electron chi connectivity index (χ1n) is 3.95. The lowest BCUT2D eigenvalue weighted by molar-refractivity contribution is 0.283. The Morgan fingerprint density at radius 1 is 1.23 bits per heavy atom. The van der Waals surface area contributed by atoms with E-state index in [0.29, 0.717) is 16.3 Å². The number of halogens is 1. The minimum Gasteiger partial charge on any atom is -0.392 e. The highest BCUT2D eigenvalue weighted by molar-refractivity contribution is 5.85. The van der Waals surface area contributed by atoms with E-state index in [1.807, 2.05) is 0 Å². The van der Waals surface area contributed by atoms with Gasteiger partial charge in [0, 0.05) is 17.0 Å². The van der Waals surface area contributed by atoms with Crippen LogP contribution in [0.2, 0.25) is 0 Å². The topological polar surface area (TPSA) is 33.1 Å². The fourth-order valence-corrected chi connectivity index (χ4v) is 1.36. The van der Waals surface area contributed by atoms with E-state index in [9.17, 15) is 4.39 Å². The van der Waals surface area contributed by atoms with E-state index in [2.05, 4.69) is 4.98 Å². The van der Waals surface area contributed by atoms with Crippen molar-refractivity contribution in [2.75, 3.05) is 0 Å². The van der Waals surface area contributed by atoms with Gasteiger partial charge in [-0.3, -0.25) is 4.98 Å². The molecule has 2 aromatic rings. The van der Waals surface area contributed by atoms with Gasteiger partial charge in [0.25, 0.3) is 0 Å². The van der Waals surface area contributed by atoms with Crippen LogP contribution in [0.3, 0.4) is 0 Å². The molecule has 0 aliphatic heterocycles. The van der Waals surface area contributed by atoms with Gasteiger partial charge in [0.2, 0.25) is 0 Å². The van der Waals surface area contributed by atoms with E-state index >= 15 is 0 Å². The van der Waals surface area contributed by atoms with Crippen molar-refractivity contribution < 1.29 is 9.50 Å². The first kappa shape index (κ1) is 8.13. The Morgan fingerprint density at radius 3 is 2.85 bits per heavy atom. The Morgan fingerprint density at radius 2 is 2.08 bits per heavy atom. The van der Waals surface area contributed by atoms with Crippen LogP contribution in [0.25, 0.3) is 10.8 Å². The summed E-state index contributed by atoms with van der Waals surface area (Å²) in [6.07, 6.45) is 2.73. The van der Waals surface area contributed by atoms with Crippen LogP contribution in [0.4, 0.5) is 4.39 Å². The van der Waals surface area contributed by atoms with Gasteiger partial charge in [-0.25, -0.2) is 4.39 Å². The number of pyridine rings is 1. The second kappa shape index (κ2) is 3.11. The second-order valence-corrected chi connectivity index (χ2v) is 2.79. The molecule has 0 aliphatic rings. The largest absolute Gasteiger partial charge is 0.392 e. The zero-order valence-corrected chi connectivity index (χ0v) is 6.87. The maximum Gasteiger partial charge on any atom is 0.149 e. The third kappa shape index (κ3) is 1.27. The zero-order valence-electron chi connectivity index (χ0n) is 6.87. The van der Waals surface area contributed by atoms with Crippen molar-refractivity contribution in [1.29, 1.82) is 0 Å². The summed E-state index contributed by atoms with van der Waals surface area (Å²) in [5.41, 5.74) is 0.699. The molecular weight excluding hydrogens is 169 g/mol. The fraction of sp³-hybridized carbons (Fsp3) is 0.100. The lowest BCUT2D eigenvalue weighted by Crippen LogP contribution is -1.88. The molecule has 0 atom stereocenters. The smallest absolute Gasteiger partial charge is 0.149 e. The number of aromatic nitrogens is 1. The zero-order chi connectivity index (χ0) is 9.26. The molecule has 1 N–H and O–H groups in total. The van der Waals surface area contributed by atoms with Gasteiger partial charge in [0.05, 0.1) is 12.8 Å². The van der Waals surface area contributed by atoms with Crippen molar-refractivity contribution in [1.82, 2.24) is 4.98 Å². The lowest BCUT2D eigenvalue weighted by atomic mass is 10.1. The van der Waals surface area contributed by atoms with E-state index in [1.165, 1.54) is 6.20 Å². The standard InChI is InChI=1S/C10H8FNO/c11-10-5-12-4-9-7(6-13)2-1-3-8(9)10/h1-5,13H,6H2. The molecule has 0 amide bonds. The van der Waals surface area contributed by atoms with Crippen molar-refractivity contribution in [3.63, 3.8) is 0 Å². The van der Waals surface area contributed by atoms with Crippen molar-refractivity contribution >= 4 is 10.8 Å². The van der Waals surface area contributed by atoms with Crippen molar-refractivity contribution in [3.05, 3.63) is 42.0 Å². The Balaban J connectivity index is 2.84. The molecule has 2 rings (SSSR count). The van der Waals surface area contributed by atoms with Crippen molar-refractivity contribution in [2.45, 2.75) is 6.61 Å². The van der Waals surface area contributed by atoms with Crippen LogP contribution < -0.4 is 0 Å². The van der Waals surface area contributed by atoms with Crippen LogP contribution in [0, 0.1) is 5.82 Å². The van der Waals surface area contributed by atoms with E-state index in [0.717, 1.165) is 0 Å². The van der Waals surface area contributed by atoms with Gasteiger partial charge in [-0.15, -0.1) is 0 Å². The molecule has 1 aromatic carbocycles. The minimum atomic E-state index is -0.354. The summed E-state index contributed by atoms with van der Waals surface area (Å²) in [6.45, 7) is -0.0948. The molecule has 1 aromatic heterocycles. The SMILES string of the molecule is OCc1cccc2c(F)cncc12. The third-order valence-electron chi connectivity index (χ3n) is 2.02. The number of benzene rings is 1. The van der Waals surface area contributed by atoms with Gasteiger partial charge in [0.15, 0.2) is 0 Å². The molecular formula is C10H8FNO. The first-order chi connectivity index (χ1) is 6.33. The highest BCUT2D eigenvalue weighted by atomic mass is 19.1. The molecule has 3 heteroatoms. The minimum absolute atomic E-state index is 0.0948. The molecule has 0 fully saturated rings. The molecule has 0 bridgehead atoms. The Labute approximate surface area is 74.7 Å². The van der Waals surface area contributed by atoms with Crippen LogP contribution in [0.15, 0.2) is 30.6 Å². The number of fused-ring (bicyclic) bond motifs is 1. The Bertz CT molecular complexity index is 442. The summed E-state index contributed by atoms with van der Waals surface area (Å²) in [7, 11) is 0. The lowest BCUT2D eigenvalue weighted by Gasteiger charge is -2.02. The molecule has 2 nitrogen and oxygen atoms in total. The molecule has 0 unspecified atom stereocenters. The van der Waals surface area contributed by atoms with E-state index in [-0.39, 0.29) is 12.4 Å². The number of rotatable bonds is 1. The average molecular weight is 177 g/mol. The van der Waals surface area contributed by atoms with Gasteiger partial charge in [-0.05, 0) is 5.56 Å². The average Bonchev–Trinajstić information content (AvgIpc) is 2.18. The van der Waals surface area contributed by atoms with Crippen molar-refractivity contribution in [3.8, 4) is 0 Å². The van der Waals surface area contributed by atoms with E-state index < -0.39 is 0 Å². The highest BCUT2D eigenvalue weighted by Crippen LogP contribution is 2.19. The summed E-state index contributed by atoms with van der Waals surface area (Å²) in [4.78, 5) is 3.73. The van der Waals surface area contributed by atoms with Crippen LogP contribution in [-0.2, 0) is 6.61 Å². The van der Waals surface area contributed by atoms with E-state index in [1.54, 1.807) is 24.4 Å². The Kier molecular flexibility index (Phi) is 1.94. The van der Waals surface area contributed by atoms with Crippen LogP contribution >= 0.6 is 0 Å². The molecule has 1 heterocycles. The summed E-state index contributed by atoms with van der Waals surface area (Å²) < 4.78 is 13.2. The number of hydrogen-bond acceptors (Lipinski definition) is 2. The number of aliphatic hydroxyl groups is 1. The summed E-state index contributed by atoms with van der Waals surface area (Å²) in [6, 6.07) is 5.14. The molecule has 13 heavy (non-hydrogen) atoms. The van der Waals surface area contributed by atoms with Gasteiger partial charge in [0.1, 0.15) is 5.82 Å². The molecule has 0 saturated heterocycles. The molecule has 0 radical (unpaired) electrons. The predicted molar refractivity (Wildman–Crippen MR) is 47.6 cm³/mol. The summed E-state index contributed by atoms with van der Waals surface area (Å²) >= 11 is 0. The first-order valence-corrected chi connectivity index (χ1v) is 3.95. The number of nitrogens with zero attached hydrogens (tertiary/aromatic N) is 1. The number of hydrogen-bond donors (Lipinski definition) is 1. The molecule has 0 aliphatic carbocycles.